The van der Waals surface area contributed by atoms with E-state index in [1.165, 1.54) is 18.2 Å². The van der Waals surface area contributed by atoms with Crippen molar-refractivity contribution in [1.82, 2.24) is 19.7 Å². The van der Waals surface area contributed by atoms with E-state index < -0.39 is 0 Å². The molecule has 1 fully saturated rings. The van der Waals surface area contributed by atoms with Gasteiger partial charge in [0.25, 0.3) is 0 Å². The Hall–Kier alpha value is -2.71. The van der Waals surface area contributed by atoms with Crippen molar-refractivity contribution in [1.29, 1.82) is 0 Å². The molecule has 1 aliphatic heterocycles. The maximum atomic E-state index is 13.1. The Kier molecular flexibility index (Phi) is 8.57. The average Bonchev–Trinajstić information content (AvgIpc) is 3.25. The lowest BCUT2D eigenvalue weighted by atomic mass is 9.98. The molecular weight excluding hydrogens is 484 g/mol. The van der Waals surface area contributed by atoms with Crippen molar-refractivity contribution in [2.45, 2.75) is 63.9 Å². The highest BCUT2D eigenvalue weighted by Crippen LogP contribution is 2.28. The van der Waals surface area contributed by atoms with E-state index in [1.807, 2.05) is 64.9 Å². The molecule has 35 heavy (non-hydrogen) atoms. The third kappa shape index (κ3) is 6.30. The molecule has 7 nitrogen and oxygen atoms in total. The summed E-state index contributed by atoms with van der Waals surface area (Å²) in [5.74, 6) is 2.57. The lowest BCUT2D eigenvalue weighted by molar-refractivity contribution is -0.134. The van der Waals surface area contributed by atoms with Gasteiger partial charge in [-0.2, -0.15) is 0 Å². The van der Waals surface area contributed by atoms with Gasteiger partial charge in [-0.3, -0.25) is 9.36 Å². The van der Waals surface area contributed by atoms with Gasteiger partial charge in [0.05, 0.1) is 12.4 Å². The molecule has 0 aliphatic carbocycles. The summed E-state index contributed by atoms with van der Waals surface area (Å²) >= 11 is 7.51. The quantitative estimate of drug-likeness (QED) is 0.337. The highest BCUT2D eigenvalue weighted by atomic mass is 35.5. The number of hydrogen-bond acceptors (Lipinski definition) is 6. The first-order chi connectivity index (χ1) is 17.0. The van der Waals surface area contributed by atoms with Gasteiger partial charge < -0.3 is 14.4 Å². The lowest BCUT2D eigenvalue weighted by Crippen LogP contribution is -2.48. The second kappa shape index (κ2) is 11.8. The van der Waals surface area contributed by atoms with Crippen LogP contribution in [0.5, 0.6) is 11.5 Å². The molecule has 2 atom stereocenters. The first-order valence-electron chi connectivity index (χ1n) is 12.0. The zero-order valence-electron chi connectivity index (χ0n) is 20.3. The van der Waals surface area contributed by atoms with Crippen molar-refractivity contribution in [3.8, 4) is 17.2 Å². The van der Waals surface area contributed by atoms with Crippen molar-refractivity contribution in [3.63, 3.8) is 0 Å². The van der Waals surface area contributed by atoms with Gasteiger partial charge in [0.15, 0.2) is 11.0 Å². The van der Waals surface area contributed by atoms with Crippen molar-refractivity contribution >= 4 is 29.3 Å². The van der Waals surface area contributed by atoms with Crippen LogP contribution in [0, 0.1) is 0 Å². The topological polar surface area (TPSA) is 69.5 Å². The van der Waals surface area contributed by atoms with Crippen LogP contribution < -0.4 is 9.47 Å². The van der Waals surface area contributed by atoms with E-state index in [0.29, 0.717) is 34.1 Å². The minimum absolute atomic E-state index is 0.132. The van der Waals surface area contributed by atoms with Gasteiger partial charge in [0.2, 0.25) is 5.91 Å². The molecule has 1 saturated heterocycles. The predicted molar refractivity (Wildman–Crippen MR) is 139 cm³/mol. The van der Waals surface area contributed by atoms with Crippen molar-refractivity contribution in [3.05, 3.63) is 59.4 Å². The van der Waals surface area contributed by atoms with E-state index in [1.54, 1.807) is 0 Å². The predicted octanol–water partition coefficient (Wildman–Crippen LogP) is 5.78. The Morgan fingerprint density at radius 1 is 1.00 bits per heavy atom. The molecule has 0 spiro atoms. The van der Waals surface area contributed by atoms with Crippen LogP contribution in [0.1, 0.15) is 45.9 Å². The SMILES string of the molecule is CCOc1ccc(OCc2nnc(SCC(=O)N3[C@H](C)CCC[C@@H]3C)n2-c2ccc(Cl)cc2)cc1. The number of ether oxygens (including phenoxy) is 2. The number of carbonyl (C=O) groups excluding carboxylic acids is 1. The summed E-state index contributed by atoms with van der Waals surface area (Å²) in [5.41, 5.74) is 0.861. The number of nitrogens with zero attached hydrogens (tertiary/aromatic N) is 4. The maximum Gasteiger partial charge on any atom is 0.233 e. The smallest absolute Gasteiger partial charge is 0.233 e. The third-order valence-electron chi connectivity index (χ3n) is 6.09. The van der Waals surface area contributed by atoms with E-state index in [0.717, 1.165) is 24.3 Å². The molecule has 2 heterocycles. The molecule has 0 N–H and O–H groups in total. The number of rotatable bonds is 9. The van der Waals surface area contributed by atoms with Gasteiger partial charge in [-0.25, -0.2) is 0 Å². The van der Waals surface area contributed by atoms with Crippen LogP contribution in [0.3, 0.4) is 0 Å². The zero-order chi connectivity index (χ0) is 24.8. The minimum atomic E-state index is 0.132. The zero-order valence-corrected chi connectivity index (χ0v) is 21.9. The lowest BCUT2D eigenvalue weighted by Gasteiger charge is -2.39. The normalized spacial score (nSPS) is 17.9. The third-order valence-corrected chi connectivity index (χ3v) is 7.26. The minimum Gasteiger partial charge on any atom is -0.494 e. The number of hydrogen-bond donors (Lipinski definition) is 0. The first kappa shape index (κ1) is 25.4. The van der Waals surface area contributed by atoms with Gasteiger partial charge in [-0.15, -0.1) is 10.2 Å². The summed E-state index contributed by atoms with van der Waals surface area (Å²) in [6.45, 7) is 7.04. The van der Waals surface area contributed by atoms with Gasteiger partial charge in [-0.1, -0.05) is 23.4 Å². The molecule has 186 valence electrons. The summed E-state index contributed by atoms with van der Waals surface area (Å²) in [5, 5.41) is 10.1. The Balaban J connectivity index is 1.51. The summed E-state index contributed by atoms with van der Waals surface area (Å²) in [4.78, 5) is 15.1. The Morgan fingerprint density at radius 2 is 1.63 bits per heavy atom. The fraction of sp³-hybridized carbons (Fsp3) is 0.423. The van der Waals surface area contributed by atoms with Crippen LogP contribution in [-0.4, -0.2) is 50.0 Å². The van der Waals surface area contributed by atoms with Crippen LogP contribution in [0.15, 0.2) is 53.7 Å². The van der Waals surface area contributed by atoms with E-state index in [9.17, 15) is 4.79 Å². The molecule has 0 radical (unpaired) electrons. The fourth-order valence-corrected chi connectivity index (χ4v) is 5.36. The monoisotopic (exact) mass is 514 g/mol. The number of benzene rings is 2. The molecule has 1 aromatic heterocycles. The first-order valence-corrected chi connectivity index (χ1v) is 13.3. The second-order valence-corrected chi connectivity index (χ2v) is 10.0. The largest absolute Gasteiger partial charge is 0.494 e. The summed E-state index contributed by atoms with van der Waals surface area (Å²) in [7, 11) is 0. The van der Waals surface area contributed by atoms with Gasteiger partial charge in [0.1, 0.15) is 18.1 Å². The molecule has 0 saturated carbocycles. The number of likely N-dealkylation sites (tertiary alicyclic amines) is 1. The molecule has 4 rings (SSSR count). The number of aromatic nitrogens is 3. The van der Waals surface area contributed by atoms with Crippen molar-refractivity contribution in [2.24, 2.45) is 0 Å². The van der Waals surface area contributed by atoms with Gasteiger partial charge in [0, 0.05) is 22.8 Å². The molecule has 1 aliphatic rings. The number of halogens is 1. The summed E-state index contributed by atoms with van der Waals surface area (Å²) < 4.78 is 13.4. The van der Waals surface area contributed by atoms with E-state index in [4.69, 9.17) is 21.1 Å². The van der Waals surface area contributed by atoms with Crippen molar-refractivity contribution < 1.29 is 14.3 Å². The highest BCUT2D eigenvalue weighted by molar-refractivity contribution is 7.99. The number of piperidine rings is 1. The Bertz CT molecular complexity index is 1110. The average molecular weight is 515 g/mol. The van der Waals surface area contributed by atoms with E-state index >= 15 is 0 Å². The van der Waals surface area contributed by atoms with E-state index in [-0.39, 0.29) is 24.6 Å². The molecule has 2 aromatic carbocycles. The van der Waals surface area contributed by atoms with Crippen LogP contribution in [0.25, 0.3) is 5.69 Å². The highest BCUT2D eigenvalue weighted by Gasteiger charge is 2.29. The molecule has 9 heteroatoms. The standard InChI is InChI=1S/C26H31ClN4O3S/c1-4-33-22-12-14-23(15-13-22)34-16-24-28-29-26(31(24)21-10-8-20(27)9-11-21)35-17-25(32)30-18(2)6-5-7-19(30)3/h8-15,18-19H,4-7,16-17H2,1-3H3/t18-,19+. The number of amides is 1. The Labute approximate surface area is 215 Å². The fourth-order valence-electron chi connectivity index (χ4n) is 4.40. The van der Waals surface area contributed by atoms with Crippen LogP contribution in [0.4, 0.5) is 0 Å². The summed E-state index contributed by atoms with van der Waals surface area (Å²) in [6, 6.07) is 15.5. The molecular formula is C26H31ClN4O3S. The van der Waals surface area contributed by atoms with Crippen LogP contribution in [-0.2, 0) is 11.4 Å². The van der Waals surface area contributed by atoms with Crippen LogP contribution >= 0.6 is 23.4 Å². The number of carbonyl (C=O) groups is 1. The van der Waals surface area contributed by atoms with E-state index in [2.05, 4.69) is 24.0 Å². The molecule has 1 amide bonds. The molecule has 0 bridgehead atoms. The summed E-state index contributed by atoms with van der Waals surface area (Å²) in [6.07, 6.45) is 3.27. The van der Waals surface area contributed by atoms with Gasteiger partial charge in [-0.05, 0) is 88.6 Å². The molecule has 3 aromatic rings. The van der Waals surface area contributed by atoms with Crippen molar-refractivity contribution in [2.75, 3.05) is 12.4 Å². The maximum absolute atomic E-state index is 13.1. The molecule has 0 unspecified atom stereocenters. The van der Waals surface area contributed by atoms with Gasteiger partial charge >= 0.3 is 0 Å². The Morgan fingerprint density at radius 3 is 2.26 bits per heavy atom. The number of thioether (sulfide) groups is 1. The van der Waals surface area contributed by atoms with Crippen LogP contribution in [0.2, 0.25) is 5.02 Å². The second-order valence-electron chi connectivity index (χ2n) is 8.62.